The monoisotopic (exact) mass is 262 g/mol. The van der Waals surface area contributed by atoms with Crippen LogP contribution in [0.3, 0.4) is 0 Å². The summed E-state index contributed by atoms with van der Waals surface area (Å²) in [6.07, 6.45) is 1.42. The first-order chi connectivity index (χ1) is 8.82. The predicted octanol–water partition coefficient (Wildman–Crippen LogP) is 2.09. The van der Waals surface area contributed by atoms with Crippen molar-refractivity contribution in [2.45, 2.75) is 13.8 Å². The van der Waals surface area contributed by atoms with E-state index < -0.39 is 4.92 Å². The topological polar surface area (TPSA) is 80.5 Å². The fourth-order valence-corrected chi connectivity index (χ4v) is 1.51. The molecule has 0 radical (unpaired) electrons. The summed E-state index contributed by atoms with van der Waals surface area (Å²) in [4.78, 5) is 34.2. The molecule has 0 N–H and O–H groups in total. The van der Waals surface area contributed by atoms with Crippen LogP contribution in [-0.4, -0.2) is 23.5 Å². The molecule has 0 spiro atoms. The van der Waals surface area contributed by atoms with E-state index in [0.717, 1.165) is 0 Å². The third-order valence-electron chi connectivity index (χ3n) is 2.55. The van der Waals surface area contributed by atoms with E-state index in [1.807, 2.05) is 0 Å². The molecule has 19 heavy (non-hydrogen) atoms. The van der Waals surface area contributed by atoms with Gasteiger partial charge in [-0.3, -0.25) is 19.7 Å². The summed E-state index contributed by atoms with van der Waals surface area (Å²) in [5.74, 6) is -0.637. The van der Waals surface area contributed by atoms with Gasteiger partial charge in [0.25, 0.3) is 5.69 Å². The highest BCUT2D eigenvalue weighted by atomic mass is 16.6. The van der Waals surface area contributed by atoms with Crippen molar-refractivity contribution < 1.29 is 14.5 Å². The maximum Gasteiger partial charge on any atom is 0.269 e. The lowest BCUT2D eigenvalue weighted by molar-refractivity contribution is -0.384. The molecule has 1 aromatic rings. The molecule has 6 heteroatoms. The maximum absolute atomic E-state index is 11.3. The summed E-state index contributed by atoms with van der Waals surface area (Å²) in [5.41, 5.74) is 0.714. The number of benzene rings is 1. The lowest BCUT2D eigenvalue weighted by Crippen LogP contribution is -2.15. The summed E-state index contributed by atoms with van der Waals surface area (Å²) >= 11 is 0. The first-order valence-corrected chi connectivity index (χ1v) is 5.54. The molecule has 0 aliphatic carbocycles. The quantitative estimate of drug-likeness (QED) is 0.267. The van der Waals surface area contributed by atoms with Crippen LogP contribution < -0.4 is 4.90 Å². The molecule has 0 heterocycles. The zero-order valence-corrected chi connectivity index (χ0v) is 10.9. The fraction of sp³-hybridized carbons (Fsp3) is 0.231. The molecule has 0 atom stereocenters. The van der Waals surface area contributed by atoms with E-state index >= 15 is 0 Å². The number of nitrogens with zero attached hydrogens (tertiary/aromatic N) is 2. The third-order valence-corrected chi connectivity index (χ3v) is 2.55. The number of carbonyl (C=O) groups excluding carboxylic acids is 2. The van der Waals surface area contributed by atoms with Gasteiger partial charge in [-0.2, -0.15) is 0 Å². The van der Waals surface area contributed by atoms with Gasteiger partial charge in [0.15, 0.2) is 11.6 Å². The number of hydrogen-bond donors (Lipinski definition) is 0. The Morgan fingerprint density at radius 2 is 1.63 bits per heavy atom. The number of rotatable bonds is 5. The number of nitro groups is 1. The van der Waals surface area contributed by atoms with Gasteiger partial charge in [-0.1, -0.05) is 0 Å². The minimum Gasteiger partial charge on any atom is -0.350 e. The van der Waals surface area contributed by atoms with Crippen molar-refractivity contribution in [2.75, 3.05) is 11.9 Å². The molecule has 0 unspecified atom stereocenters. The first-order valence-electron chi connectivity index (χ1n) is 5.54. The van der Waals surface area contributed by atoms with Gasteiger partial charge in [0.1, 0.15) is 0 Å². The van der Waals surface area contributed by atoms with E-state index in [4.69, 9.17) is 0 Å². The number of nitro benzene ring substituents is 1. The second-order valence-corrected chi connectivity index (χ2v) is 4.04. The predicted molar refractivity (Wildman–Crippen MR) is 70.9 cm³/mol. The van der Waals surface area contributed by atoms with E-state index in [1.54, 1.807) is 24.1 Å². The van der Waals surface area contributed by atoms with E-state index in [2.05, 4.69) is 0 Å². The van der Waals surface area contributed by atoms with Gasteiger partial charge >= 0.3 is 0 Å². The average Bonchev–Trinajstić information content (AvgIpc) is 2.34. The third kappa shape index (κ3) is 3.74. The van der Waals surface area contributed by atoms with Crippen LogP contribution in [0.5, 0.6) is 0 Å². The Bertz CT molecular complexity index is 530. The largest absolute Gasteiger partial charge is 0.350 e. The molecule has 1 rings (SSSR count). The van der Waals surface area contributed by atoms with Crippen molar-refractivity contribution in [2.24, 2.45) is 0 Å². The normalized spacial score (nSPS) is 9.63. The molecule has 0 saturated carbocycles. The van der Waals surface area contributed by atoms with Crippen LogP contribution in [-0.2, 0) is 9.59 Å². The molecule has 6 nitrogen and oxygen atoms in total. The van der Waals surface area contributed by atoms with Gasteiger partial charge in [0.05, 0.1) is 10.5 Å². The van der Waals surface area contributed by atoms with Crippen molar-refractivity contribution >= 4 is 22.9 Å². The van der Waals surface area contributed by atoms with Gasteiger partial charge in [0, 0.05) is 31.1 Å². The van der Waals surface area contributed by atoms with Crippen molar-refractivity contribution in [1.29, 1.82) is 0 Å². The van der Waals surface area contributed by atoms with Gasteiger partial charge < -0.3 is 4.90 Å². The zero-order valence-electron chi connectivity index (χ0n) is 10.9. The summed E-state index contributed by atoms with van der Waals surface area (Å²) in [7, 11) is 1.66. The van der Waals surface area contributed by atoms with Crippen molar-refractivity contribution in [3.05, 3.63) is 46.2 Å². The minimum absolute atomic E-state index is 0.0144. The average molecular weight is 262 g/mol. The molecule has 1 aromatic carbocycles. The second-order valence-electron chi connectivity index (χ2n) is 4.04. The number of anilines is 1. The molecule has 0 saturated heterocycles. The Balaban J connectivity index is 3.03. The lowest BCUT2D eigenvalue weighted by Gasteiger charge is -2.15. The van der Waals surface area contributed by atoms with Gasteiger partial charge in [-0.15, -0.1) is 0 Å². The Kier molecular flexibility index (Phi) is 4.52. The molecule has 0 fully saturated rings. The maximum atomic E-state index is 11.3. The summed E-state index contributed by atoms with van der Waals surface area (Å²) < 4.78 is 0. The molecule has 0 aliphatic heterocycles. The number of hydrogen-bond acceptors (Lipinski definition) is 5. The van der Waals surface area contributed by atoms with Crippen LogP contribution in [0.4, 0.5) is 11.4 Å². The highest BCUT2D eigenvalue weighted by molar-refractivity contribution is 6.18. The molecular weight excluding hydrogens is 248 g/mol. The van der Waals surface area contributed by atoms with Crippen LogP contribution >= 0.6 is 0 Å². The number of Topliss-reactive ketones (excluding diaryl/α,β-unsaturated/α-hetero) is 2. The molecular formula is C13H14N2O4. The number of non-ortho nitro benzene ring substituents is 1. The van der Waals surface area contributed by atoms with Gasteiger partial charge in [0.2, 0.25) is 0 Å². The molecule has 100 valence electrons. The molecule has 0 amide bonds. The van der Waals surface area contributed by atoms with Crippen LogP contribution in [0.2, 0.25) is 0 Å². The summed E-state index contributed by atoms with van der Waals surface area (Å²) in [5, 5.41) is 10.5. The fourth-order valence-electron chi connectivity index (χ4n) is 1.51. The highest BCUT2D eigenvalue weighted by Crippen LogP contribution is 2.19. The Morgan fingerprint density at radius 1 is 1.16 bits per heavy atom. The smallest absolute Gasteiger partial charge is 0.269 e. The minimum atomic E-state index is -0.490. The molecule has 0 aliphatic rings. The van der Waals surface area contributed by atoms with Crippen molar-refractivity contribution in [1.82, 2.24) is 0 Å². The van der Waals surface area contributed by atoms with Crippen molar-refractivity contribution in [3.63, 3.8) is 0 Å². The Labute approximate surface area is 110 Å². The summed E-state index contributed by atoms with van der Waals surface area (Å²) in [6, 6.07) is 5.82. The Hall–Kier alpha value is -2.50. The molecule has 0 aromatic heterocycles. The van der Waals surface area contributed by atoms with Gasteiger partial charge in [-0.25, -0.2) is 0 Å². The second kappa shape index (κ2) is 5.90. The van der Waals surface area contributed by atoms with E-state index in [-0.39, 0.29) is 22.8 Å². The van der Waals surface area contributed by atoms with Crippen LogP contribution in [0, 0.1) is 10.1 Å². The van der Waals surface area contributed by atoms with Crippen LogP contribution in [0.25, 0.3) is 0 Å². The number of carbonyl (C=O) groups is 2. The van der Waals surface area contributed by atoms with E-state index in [1.165, 1.54) is 32.2 Å². The molecule has 0 bridgehead atoms. The first kappa shape index (κ1) is 14.6. The standard InChI is InChI=1S/C13H14N2O4/c1-9(16)13(10(2)17)8-14(3)11-4-6-12(7-5-11)15(18)19/h4-8H,1-3H3. The van der Waals surface area contributed by atoms with Crippen LogP contribution in [0.15, 0.2) is 36.0 Å². The van der Waals surface area contributed by atoms with Crippen molar-refractivity contribution in [3.8, 4) is 0 Å². The summed E-state index contributed by atoms with van der Waals surface area (Å²) in [6.45, 7) is 2.63. The zero-order chi connectivity index (χ0) is 14.6. The van der Waals surface area contributed by atoms with E-state index in [0.29, 0.717) is 5.69 Å². The van der Waals surface area contributed by atoms with Crippen LogP contribution in [0.1, 0.15) is 13.8 Å². The Morgan fingerprint density at radius 3 is 2.00 bits per heavy atom. The van der Waals surface area contributed by atoms with Gasteiger partial charge in [-0.05, 0) is 26.0 Å². The number of allylic oxidation sites excluding steroid dienone is 1. The highest BCUT2D eigenvalue weighted by Gasteiger charge is 2.11. The van der Waals surface area contributed by atoms with E-state index in [9.17, 15) is 19.7 Å². The SMILES string of the molecule is CC(=O)C(=CN(C)c1ccc([N+](=O)[O-])cc1)C(C)=O. The lowest BCUT2D eigenvalue weighted by atomic mass is 10.1. The number of ketones is 2.